The normalized spacial score (nSPS) is 23.3. The highest BCUT2D eigenvalue weighted by atomic mass is 35.5. The smallest absolute Gasteiger partial charge is 0.166 e. The Morgan fingerprint density at radius 3 is 2.89 bits per heavy atom. The lowest BCUT2D eigenvalue weighted by Gasteiger charge is -2.30. The maximum Gasteiger partial charge on any atom is 0.166 e. The molecule has 2 atom stereocenters. The first-order valence-electron chi connectivity index (χ1n) is 6.24. The molecule has 1 aliphatic heterocycles. The Balaban J connectivity index is 0.00000133. The van der Waals surface area contributed by atoms with Crippen molar-refractivity contribution in [3.8, 4) is 0 Å². The number of piperidine rings is 1. The van der Waals surface area contributed by atoms with Crippen molar-refractivity contribution in [2.24, 2.45) is 5.92 Å². The molecule has 1 aromatic heterocycles. The average molecular weight is 288 g/mol. The van der Waals surface area contributed by atoms with E-state index in [1.54, 1.807) is 6.07 Å². The van der Waals surface area contributed by atoms with E-state index in [0.29, 0.717) is 16.5 Å². The summed E-state index contributed by atoms with van der Waals surface area (Å²) < 4.78 is 33.1. The summed E-state index contributed by atoms with van der Waals surface area (Å²) in [6.45, 7) is 3.70. The van der Waals surface area contributed by atoms with Gasteiger partial charge in [0, 0.05) is 10.9 Å². The lowest BCUT2D eigenvalue weighted by Crippen LogP contribution is -2.34. The predicted octanol–water partition coefficient (Wildman–Crippen LogP) is 3.85. The van der Waals surface area contributed by atoms with Gasteiger partial charge in [-0.25, -0.2) is 8.78 Å². The molecule has 2 nitrogen and oxygen atoms in total. The molecule has 3 rings (SSSR count). The lowest BCUT2D eigenvalue weighted by molar-refractivity contribution is 0.337. The second-order valence-corrected chi connectivity index (χ2v) is 5.00. The van der Waals surface area contributed by atoms with Gasteiger partial charge in [0.05, 0.1) is 6.26 Å². The maximum absolute atomic E-state index is 14.1. The molecular formula is C14H16ClF2NO. The van der Waals surface area contributed by atoms with E-state index in [2.05, 4.69) is 12.2 Å². The largest absolute Gasteiger partial charge is 0.464 e. The van der Waals surface area contributed by atoms with Gasteiger partial charge in [-0.2, -0.15) is 0 Å². The van der Waals surface area contributed by atoms with Gasteiger partial charge in [0.2, 0.25) is 0 Å². The van der Waals surface area contributed by atoms with E-state index in [9.17, 15) is 8.78 Å². The number of halogens is 3. The minimum absolute atomic E-state index is 0. The SMILES string of the molecule is C[C@H]1CNCC[C@H]1c1c(F)c(F)cc2ccoc12.Cl. The lowest BCUT2D eigenvalue weighted by atomic mass is 9.81. The highest BCUT2D eigenvalue weighted by molar-refractivity contribution is 5.85. The molecule has 1 fully saturated rings. The van der Waals surface area contributed by atoms with Gasteiger partial charge in [0.15, 0.2) is 11.6 Å². The molecule has 0 bridgehead atoms. The minimum Gasteiger partial charge on any atom is -0.464 e. The Morgan fingerprint density at radius 1 is 1.37 bits per heavy atom. The minimum atomic E-state index is -0.787. The molecule has 1 saturated heterocycles. The van der Waals surface area contributed by atoms with E-state index in [1.165, 1.54) is 12.3 Å². The molecule has 0 spiro atoms. The molecule has 1 aromatic carbocycles. The molecule has 0 radical (unpaired) electrons. The second kappa shape index (κ2) is 5.47. The van der Waals surface area contributed by atoms with E-state index < -0.39 is 11.6 Å². The van der Waals surface area contributed by atoms with Crippen molar-refractivity contribution in [3.05, 3.63) is 35.6 Å². The summed E-state index contributed by atoms with van der Waals surface area (Å²) in [5, 5.41) is 3.90. The van der Waals surface area contributed by atoms with Crippen LogP contribution in [-0.4, -0.2) is 13.1 Å². The second-order valence-electron chi connectivity index (χ2n) is 5.00. The zero-order valence-electron chi connectivity index (χ0n) is 10.6. The third kappa shape index (κ3) is 2.35. The van der Waals surface area contributed by atoms with E-state index >= 15 is 0 Å². The van der Waals surface area contributed by atoms with E-state index in [-0.39, 0.29) is 24.2 Å². The van der Waals surface area contributed by atoms with Gasteiger partial charge >= 0.3 is 0 Å². The third-order valence-corrected chi connectivity index (χ3v) is 3.82. The zero-order valence-corrected chi connectivity index (χ0v) is 11.4. The van der Waals surface area contributed by atoms with Crippen LogP contribution in [-0.2, 0) is 0 Å². The molecule has 0 saturated carbocycles. The van der Waals surface area contributed by atoms with Crippen LogP contribution in [0.3, 0.4) is 0 Å². The highest BCUT2D eigenvalue weighted by Crippen LogP contribution is 2.37. The van der Waals surface area contributed by atoms with Crippen LogP contribution >= 0.6 is 12.4 Å². The molecule has 1 aliphatic rings. The maximum atomic E-state index is 14.1. The van der Waals surface area contributed by atoms with Crippen LogP contribution in [0.1, 0.15) is 24.8 Å². The van der Waals surface area contributed by atoms with Gasteiger partial charge in [-0.05, 0) is 43.5 Å². The monoisotopic (exact) mass is 287 g/mol. The molecule has 2 aromatic rings. The predicted molar refractivity (Wildman–Crippen MR) is 72.8 cm³/mol. The Bertz CT molecular complexity index is 584. The van der Waals surface area contributed by atoms with Gasteiger partial charge in [-0.1, -0.05) is 6.92 Å². The van der Waals surface area contributed by atoms with Crippen LogP contribution < -0.4 is 5.32 Å². The number of benzene rings is 1. The molecule has 19 heavy (non-hydrogen) atoms. The zero-order chi connectivity index (χ0) is 12.7. The molecule has 0 aliphatic carbocycles. The average Bonchev–Trinajstić information content (AvgIpc) is 2.80. The Labute approximate surface area is 116 Å². The first kappa shape index (κ1) is 14.3. The summed E-state index contributed by atoms with van der Waals surface area (Å²) in [5.41, 5.74) is 0.900. The fraction of sp³-hybridized carbons (Fsp3) is 0.429. The number of furan rings is 1. The Hall–Kier alpha value is -1.13. The molecule has 104 valence electrons. The fourth-order valence-electron chi connectivity index (χ4n) is 2.85. The summed E-state index contributed by atoms with van der Waals surface area (Å²) in [6.07, 6.45) is 2.29. The van der Waals surface area contributed by atoms with Gasteiger partial charge in [0.25, 0.3) is 0 Å². The summed E-state index contributed by atoms with van der Waals surface area (Å²) in [6, 6.07) is 2.87. The topological polar surface area (TPSA) is 25.2 Å². The number of hydrogen-bond acceptors (Lipinski definition) is 2. The number of nitrogens with one attached hydrogen (secondary N) is 1. The van der Waals surface area contributed by atoms with Gasteiger partial charge in [-0.3, -0.25) is 0 Å². The molecule has 0 amide bonds. The number of hydrogen-bond donors (Lipinski definition) is 1. The van der Waals surface area contributed by atoms with Crippen LogP contribution in [0.4, 0.5) is 8.78 Å². The van der Waals surface area contributed by atoms with Crippen molar-refractivity contribution in [1.29, 1.82) is 0 Å². The highest BCUT2D eigenvalue weighted by Gasteiger charge is 2.29. The van der Waals surface area contributed by atoms with Gasteiger partial charge < -0.3 is 9.73 Å². The van der Waals surface area contributed by atoms with Gasteiger partial charge in [0.1, 0.15) is 5.58 Å². The summed E-state index contributed by atoms with van der Waals surface area (Å²) in [7, 11) is 0. The van der Waals surface area contributed by atoms with Crippen LogP contribution in [0.2, 0.25) is 0 Å². The Kier molecular flexibility index (Phi) is 4.11. The summed E-state index contributed by atoms with van der Waals surface area (Å²) in [4.78, 5) is 0. The van der Waals surface area contributed by atoms with E-state index in [1.807, 2.05) is 0 Å². The van der Waals surface area contributed by atoms with Crippen molar-refractivity contribution in [2.75, 3.05) is 13.1 Å². The van der Waals surface area contributed by atoms with E-state index in [4.69, 9.17) is 4.42 Å². The van der Waals surface area contributed by atoms with Crippen molar-refractivity contribution in [2.45, 2.75) is 19.3 Å². The van der Waals surface area contributed by atoms with Crippen molar-refractivity contribution in [1.82, 2.24) is 5.32 Å². The van der Waals surface area contributed by atoms with E-state index in [0.717, 1.165) is 19.5 Å². The summed E-state index contributed by atoms with van der Waals surface area (Å²) >= 11 is 0. The Morgan fingerprint density at radius 2 is 2.16 bits per heavy atom. The first-order valence-corrected chi connectivity index (χ1v) is 6.24. The molecule has 0 unspecified atom stereocenters. The first-order chi connectivity index (χ1) is 8.68. The quantitative estimate of drug-likeness (QED) is 0.862. The van der Waals surface area contributed by atoms with Crippen LogP contribution in [0, 0.1) is 17.6 Å². The van der Waals surface area contributed by atoms with Crippen LogP contribution in [0.15, 0.2) is 22.8 Å². The fourth-order valence-corrected chi connectivity index (χ4v) is 2.85. The summed E-state index contributed by atoms with van der Waals surface area (Å²) in [5.74, 6) is -1.26. The van der Waals surface area contributed by atoms with Crippen molar-refractivity contribution in [3.63, 3.8) is 0 Å². The van der Waals surface area contributed by atoms with Gasteiger partial charge in [-0.15, -0.1) is 12.4 Å². The molecule has 5 heteroatoms. The van der Waals surface area contributed by atoms with Crippen molar-refractivity contribution < 1.29 is 13.2 Å². The van der Waals surface area contributed by atoms with Crippen LogP contribution in [0.25, 0.3) is 11.0 Å². The standard InChI is InChI=1S/C14H15F2NO.ClH/c1-8-7-17-4-2-10(8)12-13(16)11(15)6-9-3-5-18-14(9)12;/h3,5-6,8,10,17H,2,4,7H2,1H3;1H/t8-,10+;/m0./s1. The van der Waals surface area contributed by atoms with Crippen LogP contribution in [0.5, 0.6) is 0 Å². The molecule has 1 N–H and O–H groups in total. The molecule has 2 heterocycles. The number of fused-ring (bicyclic) bond motifs is 1. The third-order valence-electron chi connectivity index (χ3n) is 3.82. The number of rotatable bonds is 1. The molecular weight excluding hydrogens is 272 g/mol. The van der Waals surface area contributed by atoms with Crippen molar-refractivity contribution >= 4 is 23.4 Å².